The lowest BCUT2D eigenvalue weighted by Crippen LogP contribution is -2.17. The van der Waals surface area contributed by atoms with Gasteiger partial charge in [-0.15, -0.1) is 0 Å². The first-order valence-electron chi connectivity index (χ1n) is 7.06. The molecule has 0 aliphatic heterocycles. The molecule has 2 rings (SSSR count). The molecule has 0 saturated heterocycles. The highest BCUT2D eigenvalue weighted by molar-refractivity contribution is 5.99. The summed E-state index contributed by atoms with van der Waals surface area (Å²) in [4.78, 5) is 23.0. The van der Waals surface area contributed by atoms with Crippen LogP contribution in [-0.4, -0.2) is 23.8 Å². The summed E-state index contributed by atoms with van der Waals surface area (Å²) in [6.07, 6.45) is 2.86. The predicted octanol–water partition coefficient (Wildman–Crippen LogP) is 3.96. The molecule has 0 fully saturated rings. The van der Waals surface area contributed by atoms with Gasteiger partial charge in [-0.2, -0.15) is 0 Å². The molecule has 23 heavy (non-hydrogen) atoms. The van der Waals surface area contributed by atoms with Crippen molar-refractivity contribution >= 4 is 23.8 Å². The van der Waals surface area contributed by atoms with Crippen LogP contribution in [0.1, 0.15) is 21.5 Å². The fraction of sp³-hybridized carbons (Fsp3) is 0.111. The third-order valence-corrected chi connectivity index (χ3v) is 3.15. The number of anilines is 1. The summed E-state index contributed by atoms with van der Waals surface area (Å²) >= 11 is 0. The van der Waals surface area contributed by atoms with Crippen LogP contribution in [0.15, 0.2) is 54.6 Å². The lowest BCUT2D eigenvalue weighted by molar-refractivity contribution is 0.0698. The second kappa shape index (κ2) is 7.79. The number of hydrogen-bond acceptors (Lipinski definition) is 3. The Morgan fingerprint density at radius 3 is 2.57 bits per heavy atom. The van der Waals surface area contributed by atoms with Crippen molar-refractivity contribution in [3.05, 3.63) is 71.3 Å². The summed E-state index contributed by atoms with van der Waals surface area (Å²) in [5.74, 6) is -1.10. The molecular formula is C18H17NO4. The van der Waals surface area contributed by atoms with Gasteiger partial charge < -0.3 is 9.84 Å². The van der Waals surface area contributed by atoms with Crippen LogP contribution in [0.5, 0.6) is 0 Å². The van der Waals surface area contributed by atoms with E-state index in [9.17, 15) is 9.59 Å². The fourth-order valence-electron chi connectivity index (χ4n) is 2.02. The van der Waals surface area contributed by atoms with Crippen molar-refractivity contribution in [2.75, 3.05) is 11.9 Å². The maximum absolute atomic E-state index is 11.8. The van der Waals surface area contributed by atoms with Crippen LogP contribution in [0.4, 0.5) is 10.5 Å². The number of carboxylic acids is 1. The van der Waals surface area contributed by atoms with Gasteiger partial charge >= 0.3 is 12.1 Å². The van der Waals surface area contributed by atoms with E-state index in [1.165, 1.54) is 6.07 Å². The Bertz CT molecular complexity index is 723. The van der Waals surface area contributed by atoms with E-state index < -0.39 is 12.1 Å². The molecular weight excluding hydrogens is 294 g/mol. The number of aromatic carboxylic acids is 1. The summed E-state index contributed by atoms with van der Waals surface area (Å²) < 4.78 is 5.03. The molecule has 0 aliphatic carbocycles. The second-order valence-corrected chi connectivity index (χ2v) is 4.84. The summed E-state index contributed by atoms with van der Waals surface area (Å²) in [7, 11) is 0. The molecule has 0 atom stereocenters. The van der Waals surface area contributed by atoms with E-state index in [2.05, 4.69) is 5.32 Å². The number of ether oxygens (including phenoxy) is 1. The zero-order valence-corrected chi connectivity index (χ0v) is 12.7. The molecule has 0 radical (unpaired) electrons. The average molecular weight is 311 g/mol. The van der Waals surface area contributed by atoms with E-state index >= 15 is 0 Å². The van der Waals surface area contributed by atoms with Crippen LogP contribution in [0, 0.1) is 6.92 Å². The van der Waals surface area contributed by atoms with Gasteiger partial charge in [0, 0.05) is 0 Å². The standard InChI is InChI=1S/C18H17NO4/c1-13-7-5-11-15(17(20)21)16(13)19-18(22)23-12-6-10-14-8-3-2-4-9-14/h2-11H,12H2,1H3,(H,19,22)(H,20,21)/b10-6+. The van der Waals surface area contributed by atoms with Crippen molar-refractivity contribution in [1.29, 1.82) is 0 Å². The van der Waals surface area contributed by atoms with Gasteiger partial charge in [0.05, 0.1) is 11.3 Å². The van der Waals surface area contributed by atoms with E-state index in [4.69, 9.17) is 9.84 Å². The van der Waals surface area contributed by atoms with Crippen LogP contribution < -0.4 is 5.32 Å². The molecule has 0 unspecified atom stereocenters. The van der Waals surface area contributed by atoms with Gasteiger partial charge in [0.1, 0.15) is 6.61 Å². The predicted molar refractivity (Wildman–Crippen MR) is 88.6 cm³/mol. The van der Waals surface area contributed by atoms with Crippen LogP contribution in [0.3, 0.4) is 0 Å². The lowest BCUT2D eigenvalue weighted by Gasteiger charge is -2.11. The Kier molecular flexibility index (Phi) is 5.52. The number of carboxylic acid groups (broad SMARTS) is 1. The smallest absolute Gasteiger partial charge is 0.411 e. The van der Waals surface area contributed by atoms with Crippen LogP contribution in [0.25, 0.3) is 6.08 Å². The van der Waals surface area contributed by atoms with E-state index in [1.807, 2.05) is 36.4 Å². The van der Waals surface area contributed by atoms with Gasteiger partial charge in [0.25, 0.3) is 0 Å². The van der Waals surface area contributed by atoms with Crippen molar-refractivity contribution in [2.45, 2.75) is 6.92 Å². The normalized spacial score (nSPS) is 10.5. The van der Waals surface area contributed by atoms with E-state index in [1.54, 1.807) is 25.1 Å². The van der Waals surface area contributed by atoms with Crippen LogP contribution in [0.2, 0.25) is 0 Å². The number of carbonyl (C=O) groups excluding carboxylic acids is 1. The maximum atomic E-state index is 11.8. The van der Waals surface area contributed by atoms with Crippen LogP contribution in [-0.2, 0) is 4.74 Å². The summed E-state index contributed by atoms with van der Waals surface area (Å²) in [6, 6.07) is 14.4. The Morgan fingerprint density at radius 1 is 1.13 bits per heavy atom. The number of benzene rings is 2. The number of para-hydroxylation sites is 1. The Balaban J connectivity index is 1.93. The van der Waals surface area contributed by atoms with Crippen molar-refractivity contribution in [3.63, 3.8) is 0 Å². The molecule has 2 N–H and O–H groups in total. The molecule has 5 heteroatoms. The monoisotopic (exact) mass is 311 g/mol. The first-order chi connectivity index (χ1) is 11.1. The molecule has 2 aromatic rings. The highest BCUT2D eigenvalue weighted by Gasteiger charge is 2.14. The van der Waals surface area contributed by atoms with Gasteiger partial charge in [-0.1, -0.05) is 48.5 Å². The molecule has 0 aliphatic rings. The number of aryl methyl sites for hydroxylation is 1. The molecule has 2 aromatic carbocycles. The molecule has 0 aromatic heterocycles. The minimum absolute atomic E-state index is 0.0294. The average Bonchev–Trinajstić information content (AvgIpc) is 2.54. The zero-order chi connectivity index (χ0) is 16.7. The third kappa shape index (κ3) is 4.71. The minimum atomic E-state index is -1.10. The van der Waals surface area contributed by atoms with E-state index in [-0.39, 0.29) is 17.9 Å². The lowest BCUT2D eigenvalue weighted by atomic mass is 10.1. The van der Waals surface area contributed by atoms with Crippen molar-refractivity contribution in [3.8, 4) is 0 Å². The molecule has 5 nitrogen and oxygen atoms in total. The highest BCUT2D eigenvalue weighted by Crippen LogP contribution is 2.20. The maximum Gasteiger partial charge on any atom is 0.411 e. The SMILES string of the molecule is Cc1cccc(C(=O)O)c1NC(=O)OC/C=C/c1ccccc1. The topological polar surface area (TPSA) is 75.6 Å². The molecule has 0 saturated carbocycles. The Hall–Kier alpha value is -3.08. The molecule has 0 spiro atoms. The van der Waals surface area contributed by atoms with Gasteiger partial charge in [-0.05, 0) is 30.2 Å². The second-order valence-electron chi connectivity index (χ2n) is 4.84. The number of amides is 1. The van der Waals surface area contributed by atoms with Crippen LogP contribution >= 0.6 is 0 Å². The summed E-state index contributed by atoms with van der Waals surface area (Å²) in [5, 5.41) is 11.6. The summed E-state index contributed by atoms with van der Waals surface area (Å²) in [5.41, 5.74) is 1.93. The zero-order valence-electron chi connectivity index (χ0n) is 12.7. The van der Waals surface area contributed by atoms with Gasteiger partial charge in [-0.25, -0.2) is 9.59 Å². The van der Waals surface area contributed by atoms with E-state index in [0.29, 0.717) is 5.56 Å². The van der Waals surface area contributed by atoms with Gasteiger partial charge in [0.2, 0.25) is 0 Å². The number of nitrogens with one attached hydrogen (secondary N) is 1. The summed E-state index contributed by atoms with van der Waals surface area (Å²) in [6.45, 7) is 1.81. The third-order valence-electron chi connectivity index (χ3n) is 3.15. The quantitative estimate of drug-likeness (QED) is 0.876. The largest absolute Gasteiger partial charge is 0.478 e. The molecule has 1 amide bonds. The van der Waals surface area contributed by atoms with Gasteiger partial charge in [0.15, 0.2) is 0 Å². The molecule has 0 heterocycles. The Morgan fingerprint density at radius 2 is 1.87 bits per heavy atom. The fourth-order valence-corrected chi connectivity index (χ4v) is 2.02. The highest BCUT2D eigenvalue weighted by atomic mass is 16.5. The Labute approximate surface area is 134 Å². The number of rotatable bonds is 5. The van der Waals surface area contributed by atoms with Crippen molar-refractivity contribution in [1.82, 2.24) is 0 Å². The van der Waals surface area contributed by atoms with Crippen molar-refractivity contribution in [2.24, 2.45) is 0 Å². The van der Waals surface area contributed by atoms with E-state index in [0.717, 1.165) is 5.56 Å². The molecule has 118 valence electrons. The first-order valence-corrected chi connectivity index (χ1v) is 7.06. The molecule has 0 bridgehead atoms. The van der Waals surface area contributed by atoms with Gasteiger partial charge in [-0.3, -0.25) is 5.32 Å². The van der Waals surface area contributed by atoms with Crippen molar-refractivity contribution < 1.29 is 19.4 Å². The minimum Gasteiger partial charge on any atom is -0.478 e. The first kappa shape index (κ1) is 16.3. The number of carbonyl (C=O) groups is 2. The number of hydrogen-bond donors (Lipinski definition) is 2.